The Morgan fingerprint density at radius 2 is 1.81 bits per heavy atom. The third-order valence-corrected chi connectivity index (χ3v) is 3.70. The van der Waals surface area contributed by atoms with Crippen LogP contribution < -0.4 is 5.01 Å². The molecule has 0 spiro atoms. The van der Waals surface area contributed by atoms with E-state index in [-0.39, 0.29) is 5.91 Å². The summed E-state index contributed by atoms with van der Waals surface area (Å²) in [6.07, 6.45) is 1.91. The Hall–Kier alpha value is -2.14. The zero-order valence-electron chi connectivity index (χ0n) is 12.4. The zero-order chi connectivity index (χ0) is 14.8. The Labute approximate surface area is 124 Å². The zero-order valence-corrected chi connectivity index (χ0v) is 12.4. The largest absolute Gasteiger partial charge is 0.378 e. The maximum atomic E-state index is 12.6. The molecule has 1 aromatic carbocycles. The normalized spacial score (nSPS) is 21.1. The minimum absolute atomic E-state index is 0.0668. The molecule has 2 aliphatic heterocycles. The average Bonchev–Trinajstić information content (AvgIpc) is 2.77. The van der Waals surface area contributed by atoms with Crippen molar-refractivity contribution in [2.45, 2.75) is 13.8 Å². The molecule has 5 heteroatoms. The lowest BCUT2D eigenvalue weighted by molar-refractivity contribution is -0.114. The SMILES string of the molecule is CC1=NN(c2ccc(C)cc2)C(=O)/C1=C\N1CCOCC1. The Kier molecular flexibility index (Phi) is 3.75. The number of hydrogen-bond donors (Lipinski definition) is 0. The van der Waals surface area contributed by atoms with E-state index >= 15 is 0 Å². The minimum Gasteiger partial charge on any atom is -0.378 e. The quantitative estimate of drug-likeness (QED) is 0.780. The van der Waals surface area contributed by atoms with E-state index in [1.165, 1.54) is 5.01 Å². The molecule has 0 saturated carbocycles. The van der Waals surface area contributed by atoms with Crippen molar-refractivity contribution in [1.29, 1.82) is 0 Å². The van der Waals surface area contributed by atoms with E-state index in [0.29, 0.717) is 18.8 Å². The van der Waals surface area contributed by atoms with Crippen LogP contribution >= 0.6 is 0 Å². The van der Waals surface area contributed by atoms with Gasteiger partial charge >= 0.3 is 0 Å². The number of hydrogen-bond acceptors (Lipinski definition) is 4. The fourth-order valence-corrected chi connectivity index (χ4v) is 2.42. The number of nitrogens with zero attached hydrogens (tertiary/aromatic N) is 3. The average molecular weight is 285 g/mol. The number of carbonyl (C=O) groups is 1. The standard InChI is InChI=1S/C16H19N3O2/c1-12-3-5-14(6-4-12)19-16(20)15(13(2)17-19)11-18-7-9-21-10-8-18/h3-6,11H,7-10H2,1-2H3/b15-11-. The fraction of sp³-hybridized carbons (Fsp3) is 0.375. The molecular weight excluding hydrogens is 266 g/mol. The number of ether oxygens (including phenoxy) is 1. The first-order valence-electron chi connectivity index (χ1n) is 7.15. The molecule has 110 valence electrons. The van der Waals surface area contributed by atoms with Crippen LogP contribution in [0.5, 0.6) is 0 Å². The number of aryl methyl sites for hydroxylation is 1. The molecular formula is C16H19N3O2. The van der Waals surface area contributed by atoms with E-state index in [0.717, 1.165) is 30.1 Å². The molecule has 0 N–H and O–H groups in total. The van der Waals surface area contributed by atoms with E-state index < -0.39 is 0 Å². The summed E-state index contributed by atoms with van der Waals surface area (Å²) < 4.78 is 5.32. The first-order valence-corrected chi connectivity index (χ1v) is 7.15. The van der Waals surface area contributed by atoms with Crippen molar-refractivity contribution in [2.75, 3.05) is 31.3 Å². The second kappa shape index (κ2) is 5.69. The van der Waals surface area contributed by atoms with Crippen LogP contribution in [-0.4, -0.2) is 42.8 Å². The van der Waals surface area contributed by atoms with Gasteiger partial charge in [0.2, 0.25) is 0 Å². The predicted octanol–water partition coefficient (Wildman–Crippen LogP) is 1.93. The Morgan fingerprint density at radius 3 is 2.48 bits per heavy atom. The number of anilines is 1. The molecule has 2 heterocycles. The maximum Gasteiger partial charge on any atom is 0.282 e. The summed E-state index contributed by atoms with van der Waals surface area (Å²) >= 11 is 0. The molecule has 0 aromatic heterocycles. The summed E-state index contributed by atoms with van der Waals surface area (Å²) in [5.74, 6) is -0.0668. The van der Waals surface area contributed by atoms with Gasteiger partial charge in [-0.3, -0.25) is 4.79 Å². The lowest BCUT2D eigenvalue weighted by Crippen LogP contribution is -2.33. The first-order chi connectivity index (χ1) is 10.1. The Bertz CT molecular complexity index is 598. The number of hydrazone groups is 1. The highest BCUT2D eigenvalue weighted by atomic mass is 16.5. The van der Waals surface area contributed by atoms with Gasteiger partial charge in [-0.2, -0.15) is 10.1 Å². The van der Waals surface area contributed by atoms with Crippen LogP contribution in [0.2, 0.25) is 0 Å². The van der Waals surface area contributed by atoms with Gasteiger partial charge in [0, 0.05) is 19.3 Å². The third-order valence-electron chi connectivity index (χ3n) is 3.70. The van der Waals surface area contributed by atoms with Crippen molar-refractivity contribution >= 4 is 17.3 Å². The topological polar surface area (TPSA) is 45.1 Å². The molecule has 0 radical (unpaired) electrons. The van der Waals surface area contributed by atoms with Gasteiger partial charge in [0.1, 0.15) is 0 Å². The molecule has 3 rings (SSSR count). The van der Waals surface area contributed by atoms with Crippen molar-refractivity contribution in [3.05, 3.63) is 41.6 Å². The van der Waals surface area contributed by atoms with Crippen molar-refractivity contribution in [3.63, 3.8) is 0 Å². The van der Waals surface area contributed by atoms with Gasteiger partial charge in [-0.05, 0) is 26.0 Å². The molecule has 21 heavy (non-hydrogen) atoms. The Morgan fingerprint density at radius 1 is 1.14 bits per heavy atom. The number of benzene rings is 1. The predicted molar refractivity (Wildman–Crippen MR) is 82.2 cm³/mol. The van der Waals surface area contributed by atoms with Crippen molar-refractivity contribution < 1.29 is 9.53 Å². The van der Waals surface area contributed by atoms with Crippen LogP contribution in [-0.2, 0) is 9.53 Å². The lowest BCUT2D eigenvalue weighted by Gasteiger charge is -2.25. The molecule has 0 aliphatic carbocycles. The van der Waals surface area contributed by atoms with Crippen LogP contribution in [0, 0.1) is 6.92 Å². The van der Waals surface area contributed by atoms with Gasteiger partial charge < -0.3 is 9.64 Å². The highest BCUT2D eigenvalue weighted by Crippen LogP contribution is 2.24. The summed E-state index contributed by atoms with van der Waals surface area (Å²) in [6, 6.07) is 7.80. The molecule has 2 aliphatic rings. The van der Waals surface area contributed by atoms with Crippen LogP contribution in [0.4, 0.5) is 5.69 Å². The lowest BCUT2D eigenvalue weighted by atomic mass is 10.1. The van der Waals surface area contributed by atoms with Crippen molar-refractivity contribution in [1.82, 2.24) is 4.90 Å². The summed E-state index contributed by atoms with van der Waals surface area (Å²) in [4.78, 5) is 14.7. The van der Waals surface area contributed by atoms with E-state index in [9.17, 15) is 4.79 Å². The van der Waals surface area contributed by atoms with Gasteiger partial charge in [-0.15, -0.1) is 0 Å². The van der Waals surface area contributed by atoms with Crippen LogP contribution in [0.3, 0.4) is 0 Å². The third kappa shape index (κ3) is 2.83. The van der Waals surface area contributed by atoms with Gasteiger partial charge in [-0.25, -0.2) is 0 Å². The summed E-state index contributed by atoms with van der Waals surface area (Å²) in [7, 11) is 0. The smallest absolute Gasteiger partial charge is 0.282 e. The highest BCUT2D eigenvalue weighted by Gasteiger charge is 2.29. The van der Waals surface area contributed by atoms with E-state index in [1.807, 2.05) is 44.3 Å². The van der Waals surface area contributed by atoms with E-state index in [2.05, 4.69) is 10.0 Å². The highest BCUT2D eigenvalue weighted by molar-refractivity contribution is 6.29. The molecule has 1 fully saturated rings. The molecule has 5 nitrogen and oxygen atoms in total. The summed E-state index contributed by atoms with van der Waals surface area (Å²) in [5.41, 5.74) is 3.38. The molecule has 1 amide bonds. The van der Waals surface area contributed by atoms with Crippen LogP contribution in [0.15, 0.2) is 41.1 Å². The molecule has 1 aromatic rings. The van der Waals surface area contributed by atoms with Crippen LogP contribution in [0.1, 0.15) is 12.5 Å². The summed E-state index contributed by atoms with van der Waals surface area (Å²) in [6.45, 7) is 6.93. The molecule has 0 bridgehead atoms. The maximum absolute atomic E-state index is 12.6. The summed E-state index contributed by atoms with van der Waals surface area (Å²) in [5, 5.41) is 5.86. The van der Waals surface area contributed by atoms with E-state index in [1.54, 1.807) is 0 Å². The van der Waals surface area contributed by atoms with Crippen LogP contribution in [0.25, 0.3) is 0 Å². The number of amides is 1. The van der Waals surface area contributed by atoms with Gasteiger partial charge in [0.15, 0.2) is 0 Å². The van der Waals surface area contributed by atoms with Gasteiger partial charge in [0.25, 0.3) is 5.91 Å². The number of morpholine rings is 1. The fourth-order valence-electron chi connectivity index (χ4n) is 2.42. The van der Waals surface area contributed by atoms with Gasteiger partial charge in [-0.1, -0.05) is 17.7 Å². The minimum atomic E-state index is -0.0668. The van der Waals surface area contributed by atoms with Crippen molar-refractivity contribution in [3.8, 4) is 0 Å². The Balaban J connectivity index is 1.83. The monoisotopic (exact) mass is 285 g/mol. The molecule has 0 unspecified atom stereocenters. The van der Waals surface area contributed by atoms with Gasteiger partial charge in [0.05, 0.1) is 30.2 Å². The van der Waals surface area contributed by atoms with Crippen molar-refractivity contribution in [2.24, 2.45) is 5.10 Å². The second-order valence-corrected chi connectivity index (χ2v) is 5.33. The molecule has 0 atom stereocenters. The number of carbonyl (C=O) groups excluding carboxylic acids is 1. The van der Waals surface area contributed by atoms with E-state index in [4.69, 9.17) is 4.74 Å². The second-order valence-electron chi connectivity index (χ2n) is 5.33. The first kappa shape index (κ1) is 13.8. The molecule has 1 saturated heterocycles. The number of rotatable bonds is 2.